The van der Waals surface area contributed by atoms with Gasteiger partial charge in [-0.25, -0.2) is 0 Å². The highest BCUT2D eigenvalue weighted by molar-refractivity contribution is 5.82. The Morgan fingerprint density at radius 3 is 2.78 bits per heavy atom. The molecule has 0 unspecified atom stereocenters. The lowest BCUT2D eigenvalue weighted by Crippen LogP contribution is -2.59. The predicted octanol–water partition coefficient (Wildman–Crippen LogP) is 1.94. The third kappa shape index (κ3) is 1.91. The Kier molecular flexibility index (Phi) is 3.06. The van der Waals surface area contributed by atoms with E-state index >= 15 is 0 Å². The van der Waals surface area contributed by atoms with E-state index in [0.717, 1.165) is 24.9 Å². The molecule has 4 nitrogen and oxygen atoms in total. The van der Waals surface area contributed by atoms with Gasteiger partial charge < -0.3 is 4.74 Å². The molecule has 4 heteroatoms. The van der Waals surface area contributed by atoms with Gasteiger partial charge in [0.25, 0.3) is 5.91 Å². The molecule has 0 radical (unpaired) electrons. The molecule has 0 N–H and O–H groups in total. The van der Waals surface area contributed by atoms with E-state index in [9.17, 15) is 4.79 Å². The summed E-state index contributed by atoms with van der Waals surface area (Å²) < 4.78 is 5.99. The number of benzene rings is 1. The summed E-state index contributed by atoms with van der Waals surface area (Å²) >= 11 is 0. The van der Waals surface area contributed by atoms with Crippen LogP contribution in [0.15, 0.2) is 30.3 Å². The monoisotopic (exact) mass is 246 g/mol. The van der Waals surface area contributed by atoms with Crippen LogP contribution >= 0.6 is 0 Å². The van der Waals surface area contributed by atoms with Gasteiger partial charge in [0.15, 0.2) is 6.10 Å². The largest absolute Gasteiger partial charge is 0.344 e. The first-order valence-corrected chi connectivity index (χ1v) is 6.52. The molecule has 0 spiro atoms. The molecule has 2 heterocycles. The lowest BCUT2D eigenvalue weighted by Gasteiger charge is -2.47. The fourth-order valence-corrected chi connectivity index (χ4v) is 2.73. The number of amides is 1. The third-order valence-electron chi connectivity index (χ3n) is 3.74. The number of hydrazine groups is 1. The standard InChI is InChI=1S/C14H18N2O2/c1-15-14(17)13(11-7-3-2-4-8-11)18-12-9-5-6-10-16(12)15/h2-4,7-8,12-13H,5-6,9-10H2,1H3/t12-,13+/m1/s1. The van der Waals surface area contributed by atoms with E-state index in [1.54, 1.807) is 5.01 Å². The van der Waals surface area contributed by atoms with Crippen LogP contribution in [0.5, 0.6) is 0 Å². The number of ether oxygens (including phenoxy) is 1. The highest BCUT2D eigenvalue weighted by Gasteiger charge is 2.40. The van der Waals surface area contributed by atoms with Gasteiger partial charge in [-0.05, 0) is 24.8 Å². The van der Waals surface area contributed by atoms with Crippen LogP contribution in [0.3, 0.4) is 0 Å². The maximum Gasteiger partial charge on any atom is 0.270 e. The average molecular weight is 246 g/mol. The molecule has 1 amide bonds. The second kappa shape index (κ2) is 4.71. The molecule has 0 bridgehead atoms. The van der Waals surface area contributed by atoms with Crippen LogP contribution in [0, 0.1) is 0 Å². The number of hydrogen-bond acceptors (Lipinski definition) is 3. The Morgan fingerprint density at radius 1 is 1.22 bits per heavy atom. The van der Waals surface area contributed by atoms with Gasteiger partial charge in [0, 0.05) is 13.6 Å². The van der Waals surface area contributed by atoms with E-state index in [1.807, 2.05) is 42.4 Å². The number of nitrogens with zero attached hydrogens (tertiary/aromatic N) is 2. The van der Waals surface area contributed by atoms with Crippen LogP contribution in [-0.4, -0.2) is 35.7 Å². The number of rotatable bonds is 1. The quantitative estimate of drug-likeness (QED) is 0.759. The van der Waals surface area contributed by atoms with Gasteiger partial charge in [0.1, 0.15) is 6.23 Å². The fraction of sp³-hybridized carbons (Fsp3) is 0.500. The van der Waals surface area contributed by atoms with E-state index in [-0.39, 0.29) is 12.1 Å². The van der Waals surface area contributed by atoms with Crippen LogP contribution < -0.4 is 0 Å². The molecule has 0 aromatic heterocycles. The molecular weight excluding hydrogens is 228 g/mol. The summed E-state index contributed by atoms with van der Waals surface area (Å²) in [5, 5.41) is 3.79. The zero-order valence-corrected chi connectivity index (χ0v) is 10.6. The normalized spacial score (nSPS) is 29.2. The third-order valence-corrected chi connectivity index (χ3v) is 3.74. The summed E-state index contributed by atoms with van der Waals surface area (Å²) in [6.07, 6.45) is 2.90. The highest BCUT2D eigenvalue weighted by atomic mass is 16.5. The molecule has 2 saturated heterocycles. The molecule has 0 aliphatic carbocycles. The van der Waals surface area contributed by atoms with Crippen LogP contribution in [0.25, 0.3) is 0 Å². The van der Waals surface area contributed by atoms with Gasteiger partial charge in [-0.15, -0.1) is 0 Å². The summed E-state index contributed by atoms with van der Waals surface area (Å²) in [6, 6.07) is 9.75. The zero-order chi connectivity index (χ0) is 12.5. The Labute approximate surface area is 107 Å². The average Bonchev–Trinajstić information content (AvgIpc) is 2.44. The molecule has 0 saturated carbocycles. The van der Waals surface area contributed by atoms with E-state index < -0.39 is 6.10 Å². The van der Waals surface area contributed by atoms with Crippen LogP contribution in [0.1, 0.15) is 30.9 Å². The summed E-state index contributed by atoms with van der Waals surface area (Å²) in [7, 11) is 1.85. The molecule has 2 aliphatic rings. The molecule has 18 heavy (non-hydrogen) atoms. The Hall–Kier alpha value is -1.39. The van der Waals surface area contributed by atoms with E-state index in [0.29, 0.717) is 0 Å². The van der Waals surface area contributed by atoms with Gasteiger partial charge >= 0.3 is 0 Å². The van der Waals surface area contributed by atoms with Crippen molar-refractivity contribution in [2.75, 3.05) is 13.6 Å². The van der Waals surface area contributed by atoms with Crippen molar-refractivity contribution in [1.29, 1.82) is 0 Å². The molecule has 2 atom stereocenters. The highest BCUT2D eigenvalue weighted by Crippen LogP contribution is 2.32. The second-order valence-electron chi connectivity index (χ2n) is 4.90. The number of carbonyl (C=O) groups excluding carboxylic acids is 1. The van der Waals surface area contributed by atoms with Crippen molar-refractivity contribution in [3.8, 4) is 0 Å². The maximum atomic E-state index is 12.3. The molecule has 2 aliphatic heterocycles. The van der Waals surface area contributed by atoms with E-state index in [2.05, 4.69) is 0 Å². The lowest BCUT2D eigenvalue weighted by atomic mass is 10.1. The Morgan fingerprint density at radius 2 is 2.00 bits per heavy atom. The van der Waals surface area contributed by atoms with Crippen LogP contribution in [-0.2, 0) is 9.53 Å². The number of likely N-dealkylation sites (N-methyl/N-ethyl adjacent to an activating group) is 1. The van der Waals surface area contributed by atoms with Crippen molar-refractivity contribution < 1.29 is 9.53 Å². The molecule has 96 valence electrons. The summed E-state index contributed by atoms with van der Waals surface area (Å²) in [5.41, 5.74) is 0.944. The number of fused-ring (bicyclic) bond motifs is 1. The minimum absolute atomic E-state index is 0.0272. The Bertz CT molecular complexity index is 435. The van der Waals surface area contributed by atoms with E-state index in [4.69, 9.17) is 4.74 Å². The SMILES string of the molecule is CN1C(=O)[C@H](c2ccccc2)O[C@@H]2CCCCN21. The summed E-state index contributed by atoms with van der Waals surface area (Å²) in [5.74, 6) is 0.0272. The van der Waals surface area contributed by atoms with Crippen molar-refractivity contribution in [3.05, 3.63) is 35.9 Å². The Balaban J connectivity index is 1.86. The first kappa shape index (κ1) is 11.7. The maximum absolute atomic E-state index is 12.3. The molecule has 1 aromatic rings. The van der Waals surface area contributed by atoms with Gasteiger partial charge in [0.2, 0.25) is 0 Å². The van der Waals surface area contributed by atoms with Crippen molar-refractivity contribution >= 4 is 5.91 Å². The van der Waals surface area contributed by atoms with Crippen LogP contribution in [0.2, 0.25) is 0 Å². The minimum atomic E-state index is -0.449. The van der Waals surface area contributed by atoms with Crippen molar-refractivity contribution in [2.45, 2.75) is 31.6 Å². The molecule has 2 fully saturated rings. The second-order valence-corrected chi connectivity index (χ2v) is 4.90. The predicted molar refractivity (Wildman–Crippen MR) is 67.4 cm³/mol. The minimum Gasteiger partial charge on any atom is -0.344 e. The van der Waals surface area contributed by atoms with Gasteiger partial charge in [0.05, 0.1) is 0 Å². The van der Waals surface area contributed by atoms with Crippen LogP contribution in [0.4, 0.5) is 0 Å². The molecule has 3 rings (SSSR count). The number of piperidine rings is 1. The lowest BCUT2D eigenvalue weighted by molar-refractivity contribution is -0.240. The molecular formula is C14H18N2O2. The first-order chi connectivity index (χ1) is 8.77. The van der Waals surface area contributed by atoms with Crippen molar-refractivity contribution in [2.24, 2.45) is 0 Å². The molecule has 1 aromatic carbocycles. The van der Waals surface area contributed by atoms with Crippen molar-refractivity contribution in [3.63, 3.8) is 0 Å². The smallest absolute Gasteiger partial charge is 0.270 e. The van der Waals surface area contributed by atoms with E-state index in [1.165, 1.54) is 6.42 Å². The van der Waals surface area contributed by atoms with Gasteiger partial charge in [-0.1, -0.05) is 30.3 Å². The zero-order valence-electron chi connectivity index (χ0n) is 10.6. The van der Waals surface area contributed by atoms with Gasteiger partial charge in [-0.2, -0.15) is 5.01 Å². The van der Waals surface area contributed by atoms with Crippen molar-refractivity contribution in [1.82, 2.24) is 10.0 Å². The van der Waals surface area contributed by atoms with Gasteiger partial charge in [-0.3, -0.25) is 9.80 Å². The number of carbonyl (C=O) groups is 1. The topological polar surface area (TPSA) is 32.8 Å². The number of hydrogen-bond donors (Lipinski definition) is 0. The first-order valence-electron chi connectivity index (χ1n) is 6.52. The fourth-order valence-electron chi connectivity index (χ4n) is 2.73. The summed E-state index contributed by atoms with van der Waals surface area (Å²) in [6.45, 7) is 0.911. The summed E-state index contributed by atoms with van der Waals surface area (Å²) in [4.78, 5) is 12.3.